The third-order valence-corrected chi connectivity index (χ3v) is 9.46. The predicted octanol–water partition coefficient (Wildman–Crippen LogP) is 2.87. The number of H-pyrrole nitrogens is 1. The fraction of sp³-hybridized carbons (Fsp3) is 0.360. The Labute approximate surface area is 227 Å². The van der Waals surface area contributed by atoms with Gasteiger partial charge in [-0.25, -0.2) is 17.8 Å². The second-order valence-corrected chi connectivity index (χ2v) is 12.6. The number of Topliss-reactive ketones (excluding diaryl/α,β-unsaturated/α-hetero) is 1. The number of methoxy groups -OCH3 is 1. The summed E-state index contributed by atoms with van der Waals surface area (Å²) >= 11 is 0.919. The van der Waals surface area contributed by atoms with Crippen molar-refractivity contribution in [2.75, 3.05) is 26.0 Å². The first-order chi connectivity index (χ1) is 18.7. The number of hydrogen-bond acceptors (Lipinski definition) is 10. The van der Waals surface area contributed by atoms with Crippen molar-refractivity contribution in [1.29, 1.82) is 0 Å². The van der Waals surface area contributed by atoms with Crippen LogP contribution < -0.4 is 5.32 Å². The largest absolute Gasteiger partial charge is 0.384 e. The van der Waals surface area contributed by atoms with Crippen LogP contribution >= 0.6 is 11.3 Å². The normalized spacial score (nSPS) is 14.4. The van der Waals surface area contributed by atoms with E-state index in [1.54, 1.807) is 24.3 Å². The molecule has 1 atom stereocenters. The quantitative estimate of drug-likeness (QED) is 0.260. The molecule has 5 rings (SSSR count). The number of aromatic nitrogens is 5. The number of nitrogens with zero attached hydrogens (tertiary/aromatic N) is 4. The van der Waals surface area contributed by atoms with Crippen LogP contribution in [0, 0.1) is 11.7 Å². The lowest BCUT2D eigenvalue weighted by Crippen LogP contribution is -2.38. The third-order valence-electron chi connectivity index (χ3n) is 6.34. The van der Waals surface area contributed by atoms with Crippen molar-refractivity contribution in [2.45, 2.75) is 24.5 Å². The second-order valence-electron chi connectivity index (χ2n) is 9.31. The van der Waals surface area contributed by atoms with E-state index in [4.69, 9.17) is 4.74 Å². The minimum Gasteiger partial charge on any atom is -0.384 e. The van der Waals surface area contributed by atoms with E-state index in [1.165, 1.54) is 19.2 Å². The number of sulfone groups is 1. The summed E-state index contributed by atoms with van der Waals surface area (Å²) in [5.74, 6) is -1.27. The molecular formula is C25H25FN6O5S2. The van der Waals surface area contributed by atoms with E-state index in [9.17, 15) is 18.0 Å². The van der Waals surface area contributed by atoms with E-state index in [1.807, 2.05) is 0 Å². The highest BCUT2D eigenvalue weighted by Gasteiger charge is 2.37. The van der Waals surface area contributed by atoms with Crippen molar-refractivity contribution < 1.29 is 27.1 Å². The first kappa shape index (κ1) is 27.0. The fourth-order valence-electron chi connectivity index (χ4n) is 4.15. The first-order valence-electron chi connectivity index (χ1n) is 12.2. The summed E-state index contributed by atoms with van der Waals surface area (Å²) in [5, 5.41) is 14.6. The Morgan fingerprint density at radius 2 is 2.03 bits per heavy atom. The average Bonchev–Trinajstić information content (AvgIpc) is 3.37. The summed E-state index contributed by atoms with van der Waals surface area (Å²) in [4.78, 5) is 29.7. The van der Waals surface area contributed by atoms with Crippen molar-refractivity contribution in [3.05, 3.63) is 47.2 Å². The molecule has 1 aliphatic carbocycles. The van der Waals surface area contributed by atoms with Gasteiger partial charge in [0.05, 0.1) is 29.1 Å². The molecule has 1 aliphatic rings. The number of tetrazole rings is 1. The molecule has 2 heterocycles. The van der Waals surface area contributed by atoms with Gasteiger partial charge in [0, 0.05) is 24.7 Å². The molecule has 0 spiro atoms. The maximum atomic E-state index is 15.2. The van der Waals surface area contributed by atoms with Crippen LogP contribution in [0.1, 0.15) is 29.5 Å². The van der Waals surface area contributed by atoms with Crippen molar-refractivity contribution in [1.82, 2.24) is 30.9 Å². The van der Waals surface area contributed by atoms with Crippen molar-refractivity contribution in [3.63, 3.8) is 0 Å². The van der Waals surface area contributed by atoms with Gasteiger partial charge in [-0.05, 0) is 47.7 Å². The van der Waals surface area contributed by atoms with Gasteiger partial charge in [-0.3, -0.25) is 9.59 Å². The maximum Gasteiger partial charge on any atom is 0.245 e. The minimum absolute atomic E-state index is 0.00894. The summed E-state index contributed by atoms with van der Waals surface area (Å²) in [6.45, 7) is -0.376. The molecule has 2 aromatic heterocycles. The number of halogens is 1. The number of fused-ring (bicyclic) bond motifs is 1. The molecule has 0 saturated heterocycles. The van der Waals surface area contributed by atoms with E-state index in [2.05, 4.69) is 30.9 Å². The number of ether oxygens (including phenoxy) is 1. The standard InChI is InChI=1S/C25H25FN6O5S2/c1-37-7-8-39(35,36)22(24(34)27-13-17(33)9-14-5-6-14)25-28-20-11-18(19(26)12-21(20)38-25)15-3-2-4-16(10-15)23-29-31-32-30-23/h2-4,10-12,14,22H,5-9,13H2,1H3,(H,27,34)(H,29,30,31,32). The molecule has 0 radical (unpaired) electrons. The molecule has 4 aromatic rings. The summed E-state index contributed by atoms with van der Waals surface area (Å²) in [6.07, 6.45) is 2.33. The molecule has 1 saturated carbocycles. The molecule has 11 nitrogen and oxygen atoms in total. The highest BCUT2D eigenvalue weighted by atomic mass is 32.2. The number of rotatable bonds is 12. The molecule has 2 N–H and O–H groups in total. The lowest BCUT2D eigenvalue weighted by atomic mass is 10.0. The Kier molecular flexibility index (Phi) is 7.77. The lowest BCUT2D eigenvalue weighted by molar-refractivity contribution is -0.125. The van der Waals surface area contributed by atoms with Crippen LogP contribution in [0.3, 0.4) is 0 Å². The topological polar surface area (TPSA) is 157 Å². The average molecular weight is 573 g/mol. The summed E-state index contributed by atoms with van der Waals surface area (Å²) in [5.41, 5.74) is 1.72. The SMILES string of the molecule is COCCS(=O)(=O)C(C(=O)NCC(=O)CC1CC1)c1nc2cc(-c3cccc(-c4nn[nH]n4)c3)c(F)cc2s1. The van der Waals surface area contributed by atoms with Crippen LogP contribution in [0.15, 0.2) is 36.4 Å². The van der Waals surface area contributed by atoms with Gasteiger partial charge in [0.1, 0.15) is 10.8 Å². The van der Waals surface area contributed by atoms with Gasteiger partial charge in [0.2, 0.25) is 11.7 Å². The molecule has 14 heteroatoms. The molecule has 204 valence electrons. The number of thiazole rings is 1. The maximum absolute atomic E-state index is 15.2. The molecule has 2 aromatic carbocycles. The van der Waals surface area contributed by atoms with E-state index in [-0.39, 0.29) is 29.5 Å². The van der Waals surface area contributed by atoms with Crippen LogP contribution in [-0.2, 0) is 24.2 Å². The van der Waals surface area contributed by atoms with Gasteiger partial charge < -0.3 is 10.1 Å². The Balaban J connectivity index is 1.47. The number of benzene rings is 2. The van der Waals surface area contributed by atoms with Gasteiger partial charge in [-0.1, -0.05) is 18.2 Å². The fourth-order valence-corrected chi connectivity index (χ4v) is 7.09. The molecular weight excluding hydrogens is 547 g/mol. The molecule has 0 aliphatic heterocycles. The van der Waals surface area contributed by atoms with Gasteiger partial charge in [0.15, 0.2) is 20.9 Å². The minimum atomic E-state index is -4.06. The number of nitrogens with one attached hydrogen (secondary N) is 2. The summed E-state index contributed by atoms with van der Waals surface area (Å²) in [6, 6.07) is 9.68. The highest BCUT2D eigenvalue weighted by Crippen LogP contribution is 2.36. The van der Waals surface area contributed by atoms with Crippen LogP contribution in [0.5, 0.6) is 0 Å². The third kappa shape index (κ3) is 6.18. The van der Waals surface area contributed by atoms with Crippen molar-refractivity contribution in [2.24, 2.45) is 5.92 Å². The van der Waals surface area contributed by atoms with Gasteiger partial charge >= 0.3 is 0 Å². The molecule has 1 fully saturated rings. The lowest BCUT2D eigenvalue weighted by Gasteiger charge is -2.15. The van der Waals surface area contributed by atoms with Crippen LogP contribution in [-0.4, -0.2) is 71.7 Å². The second kappa shape index (κ2) is 11.2. The smallest absolute Gasteiger partial charge is 0.245 e. The van der Waals surface area contributed by atoms with Gasteiger partial charge in [-0.2, -0.15) is 5.21 Å². The zero-order chi connectivity index (χ0) is 27.6. The van der Waals surface area contributed by atoms with Crippen molar-refractivity contribution >= 4 is 43.1 Å². The predicted molar refractivity (Wildman–Crippen MR) is 142 cm³/mol. The Bertz CT molecular complexity index is 1620. The zero-order valence-corrected chi connectivity index (χ0v) is 22.5. The van der Waals surface area contributed by atoms with Crippen molar-refractivity contribution in [3.8, 4) is 22.5 Å². The number of ketones is 1. The number of carbonyl (C=O) groups excluding carboxylic acids is 2. The van der Waals surface area contributed by atoms with Gasteiger partial charge in [-0.15, -0.1) is 21.5 Å². The van der Waals surface area contributed by atoms with Crippen LogP contribution in [0.2, 0.25) is 0 Å². The Morgan fingerprint density at radius 1 is 1.23 bits per heavy atom. The number of hydrogen-bond donors (Lipinski definition) is 2. The van der Waals surface area contributed by atoms with E-state index < -0.39 is 32.6 Å². The summed E-state index contributed by atoms with van der Waals surface area (Å²) in [7, 11) is -2.71. The number of amides is 1. The summed E-state index contributed by atoms with van der Waals surface area (Å²) < 4.78 is 46.9. The van der Waals surface area contributed by atoms with Crippen LogP contribution in [0.4, 0.5) is 4.39 Å². The Morgan fingerprint density at radius 3 is 2.74 bits per heavy atom. The Hall–Kier alpha value is -3.62. The molecule has 1 amide bonds. The number of aromatic amines is 1. The molecule has 1 unspecified atom stereocenters. The molecule has 0 bridgehead atoms. The van der Waals surface area contributed by atoms with E-state index in [0.29, 0.717) is 39.5 Å². The van der Waals surface area contributed by atoms with E-state index >= 15 is 4.39 Å². The zero-order valence-electron chi connectivity index (χ0n) is 20.9. The van der Waals surface area contributed by atoms with E-state index in [0.717, 1.165) is 24.2 Å². The highest BCUT2D eigenvalue weighted by molar-refractivity contribution is 7.92. The molecule has 39 heavy (non-hydrogen) atoms. The first-order valence-corrected chi connectivity index (χ1v) is 14.7. The monoisotopic (exact) mass is 572 g/mol. The van der Waals surface area contributed by atoms with Gasteiger partial charge in [0.25, 0.3) is 0 Å². The number of carbonyl (C=O) groups is 2. The van der Waals surface area contributed by atoms with Crippen LogP contribution in [0.25, 0.3) is 32.7 Å².